The van der Waals surface area contributed by atoms with Crippen molar-refractivity contribution in [3.63, 3.8) is 0 Å². The number of H-pyrrole nitrogens is 1. The molecule has 1 N–H and O–H groups in total. The topological polar surface area (TPSA) is 72.5 Å². The number of rotatable bonds is 3. The van der Waals surface area contributed by atoms with Crippen LogP contribution in [0.2, 0.25) is 0 Å². The zero-order valence-electron chi connectivity index (χ0n) is 12.0. The molecule has 7 heteroatoms. The second-order valence-electron chi connectivity index (χ2n) is 4.87. The van der Waals surface area contributed by atoms with E-state index in [1.165, 1.54) is 0 Å². The van der Waals surface area contributed by atoms with Gasteiger partial charge in [-0.05, 0) is 45.1 Å². The summed E-state index contributed by atoms with van der Waals surface area (Å²) in [6, 6.07) is 3.79. The lowest BCUT2D eigenvalue weighted by atomic mass is 10.1. The standard InChI is InChI=1S/C14H15N5OS/c1-8-12(10(3)20-18-8)9(2)19-13(16-17-14(19)21)11-4-6-15-7-5-11/h4-7,9H,1-3H3,(H,17,21). The Hall–Kier alpha value is -2.28. The first kappa shape index (κ1) is 13.7. The molecule has 0 aromatic carbocycles. The van der Waals surface area contributed by atoms with Gasteiger partial charge in [-0.2, -0.15) is 5.10 Å². The first-order chi connectivity index (χ1) is 10.1. The Kier molecular flexibility index (Phi) is 3.42. The van der Waals surface area contributed by atoms with Gasteiger partial charge < -0.3 is 4.52 Å². The summed E-state index contributed by atoms with van der Waals surface area (Å²) in [5.41, 5.74) is 2.85. The van der Waals surface area contributed by atoms with Gasteiger partial charge in [0.2, 0.25) is 0 Å². The summed E-state index contributed by atoms with van der Waals surface area (Å²) >= 11 is 5.39. The van der Waals surface area contributed by atoms with Crippen molar-refractivity contribution in [1.29, 1.82) is 0 Å². The van der Waals surface area contributed by atoms with Gasteiger partial charge >= 0.3 is 0 Å². The van der Waals surface area contributed by atoms with Crippen LogP contribution in [0.15, 0.2) is 29.0 Å². The van der Waals surface area contributed by atoms with Crippen LogP contribution in [0, 0.1) is 18.6 Å². The molecule has 0 bridgehead atoms. The summed E-state index contributed by atoms with van der Waals surface area (Å²) in [5.74, 6) is 1.57. The molecular formula is C14H15N5OS. The maximum Gasteiger partial charge on any atom is 0.196 e. The van der Waals surface area contributed by atoms with E-state index in [-0.39, 0.29) is 6.04 Å². The van der Waals surface area contributed by atoms with E-state index < -0.39 is 0 Å². The highest BCUT2D eigenvalue weighted by atomic mass is 32.1. The molecule has 3 rings (SSSR count). The van der Waals surface area contributed by atoms with Crippen molar-refractivity contribution in [1.82, 2.24) is 24.9 Å². The van der Waals surface area contributed by atoms with E-state index >= 15 is 0 Å². The van der Waals surface area contributed by atoms with E-state index in [1.54, 1.807) is 12.4 Å². The Bertz CT molecular complexity index is 798. The highest BCUT2D eigenvalue weighted by Gasteiger charge is 2.22. The average molecular weight is 301 g/mol. The van der Waals surface area contributed by atoms with Gasteiger partial charge in [0.25, 0.3) is 0 Å². The predicted octanol–water partition coefficient (Wildman–Crippen LogP) is 3.22. The smallest absolute Gasteiger partial charge is 0.196 e. The molecule has 0 saturated carbocycles. The molecule has 0 aliphatic rings. The molecule has 0 amide bonds. The second kappa shape index (κ2) is 5.25. The number of aromatic amines is 1. The molecule has 6 nitrogen and oxygen atoms in total. The minimum Gasteiger partial charge on any atom is -0.361 e. The van der Waals surface area contributed by atoms with Gasteiger partial charge in [-0.3, -0.25) is 14.6 Å². The van der Waals surface area contributed by atoms with Gasteiger partial charge in [0, 0.05) is 23.5 Å². The number of nitrogens with zero attached hydrogens (tertiary/aromatic N) is 4. The van der Waals surface area contributed by atoms with E-state index in [2.05, 4.69) is 27.3 Å². The molecule has 1 unspecified atom stereocenters. The number of pyridine rings is 1. The zero-order valence-corrected chi connectivity index (χ0v) is 12.8. The van der Waals surface area contributed by atoms with Gasteiger partial charge in [0.15, 0.2) is 10.6 Å². The molecule has 3 aromatic rings. The summed E-state index contributed by atoms with van der Waals surface area (Å²) in [5, 5.41) is 11.2. The lowest BCUT2D eigenvalue weighted by Crippen LogP contribution is -2.10. The third-order valence-corrected chi connectivity index (χ3v) is 3.82. The van der Waals surface area contributed by atoms with Crippen LogP contribution in [0.4, 0.5) is 0 Å². The summed E-state index contributed by atoms with van der Waals surface area (Å²) in [7, 11) is 0. The fraction of sp³-hybridized carbons (Fsp3) is 0.286. The third kappa shape index (κ3) is 2.29. The van der Waals surface area contributed by atoms with E-state index in [1.807, 2.05) is 30.5 Å². The monoisotopic (exact) mass is 301 g/mol. The summed E-state index contributed by atoms with van der Waals surface area (Å²) in [6.07, 6.45) is 3.47. The molecule has 1 atom stereocenters. The number of nitrogens with one attached hydrogen (secondary N) is 1. The Morgan fingerprint density at radius 1 is 1.29 bits per heavy atom. The highest BCUT2D eigenvalue weighted by Crippen LogP contribution is 2.29. The normalized spacial score (nSPS) is 12.5. The highest BCUT2D eigenvalue weighted by molar-refractivity contribution is 7.71. The largest absolute Gasteiger partial charge is 0.361 e. The van der Waals surface area contributed by atoms with Crippen molar-refractivity contribution in [2.75, 3.05) is 0 Å². The molecule has 0 fully saturated rings. The van der Waals surface area contributed by atoms with E-state index in [0.717, 1.165) is 28.4 Å². The van der Waals surface area contributed by atoms with Crippen molar-refractivity contribution in [3.05, 3.63) is 46.3 Å². The molecule has 0 spiro atoms. The lowest BCUT2D eigenvalue weighted by Gasteiger charge is -2.15. The van der Waals surface area contributed by atoms with Crippen molar-refractivity contribution in [2.24, 2.45) is 0 Å². The summed E-state index contributed by atoms with van der Waals surface area (Å²) in [6.45, 7) is 5.89. The fourth-order valence-corrected chi connectivity index (χ4v) is 2.87. The molecule has 3 aromatic heterocycles. The fourth-order valence-electron chi connectivity index (χ4n) is 2.58. The van der Waals surface area contributed by atoms with Gasteiger partial charge in [-0.25, -0.2) is 0 Å². The van der Waals surface area contributed by atoms with Gasteiger partial charge in [-0.15, -0.1) is 0 Å². The first-order valence-corrected chi connectivity index (χ1v) is 7.00. The number of aryl methyl sites for hydroxylation is 2. The minimum absolute atomic E-state index is 0.0225. The quantitative estimate of drug-likeness (QED) is 0.752. The number of hydrogen-bond donors (Lipinski definition) is 1. The molecule has 0 aliphatic heterocycles. The summed E-state index contributed by atoms with van der Waals surface area (Å²) in [4.78, 5) is 4.03. The van der Waals surface area contributed by atoms with E-state index in [9.17, 15) is 0 Å². The Morgan fingerprint density at radius 2 is 2.00 bits per heavy atom. The van der Waals surface area contributed by atoms with Crippen molar-refractivity contribution >= 4 is 12.2 Å². The van der Waals surface area contributed by atoms with Crippen LogP contribution in [0.25, 0.3) is 11.4 Å². The minimum atomic E-state index is -0.0225. The van der Waals surface area contributed by atoms with Crippen LogP contribution in [-0.2, 0) is 0 Å². The lowest BCUT2D eigenvalue weighted by molar-refractivity contribution is 0.391. The molecular weight excluding hydrogens is 286 g/mol. The van der Waals surface area contributed by atoms with E-state index in [0.29, 0.717) is 4.77 Å². The van der Waals surface area contributed by atoms with Crippen LogP contribution in [0.1, 0.15) is 30.0 Å². The first-order valence-electron chi connectivity index (χ1n) is 6.59. The Balaban J connectivity index is 2.16. The Morgan fingerprint density at radius 3 is 2.62 bits per heavy atom. The maximum atomic E-state index is 5.39. The maximum absolute atomic E-state index is 5.39. The summed E-state index contributed by atoms with van der Waals surface area (Å²) < 4.78 is 7.80. The molecule has 3 heterocycles. The molecule has 108 valence electrons. The second-order valence-corrected chi connectivity index (χ2v) is 5.26. The van der Waals surface area contributed by atoms with Crippen LogP contribution >= 0.6 is 12.2 Å². The Labute approximate surface area is 126 Å². The molecule has 0 radical (unpaired) electrons. The van der Waals surface area contributed by atoms with Gasteiger partial charge in [0.05, 0.1) is 11.7 Å². The van der Waals surface area contributed by atoms with Crippen LogP contribution in [0.5, 0.6) is 0 Å². The van der Waals surface area contributed by atoms with Gasteiger partial charge in [-0.1, -0.05) is 5.16 Å². The zero-order chi connectivity index (χ0) is 15.0. The van der Waals surface area contributed by atoms with Gasteiger partial charge in [0.1, 0.15) is 5.76 Å². The predicted molar refractivity (Wildman–Crippen MR) is 80.4 cm³/mol. The number of hydrogen-bond acceptors (Lipinski definition) is 5. The molecule has 0 saturated heterocycles. The molecule has 0 aliphatic carbocycles. The van der Waals surface area contributed by atoms with Crippen molar-refractivity contribution in [3.8, 4) is 11.4 Å². The van der Waals surface area contributed by atoms with Crippen molar-refractivity contribution < 1.29 is 4.52 Å². The number of aromatic nitrogens is 5. The molecule has 21 heavy (non-hydrogen) atoms. The van der Waals surface area contributed by atoms with Crippen LogP contribution in [-0.4, -0.2) is 24.9 Å². The van der Waals surface area contributed by atoms with Crippen LogP contribution in [0.3, 0.4) is 0 Å². The van der Waals surface area contributed by atoms with E-state index in [4.69, 9.17) is 16.7 Å². The third-order valence-electron chi connectivity index (χ3n) is 3.54. The van der Waals surface area contributed by atoms with Crippen LogP contribution < -0.4 is 0 Å². The van der Waals surface area contributed by atoms with Crippen molar-refractivity contribution in [2.45, 2.75) is 26.8 Å². The average Bonchev–Trinajstić information content (AvgIpc) is 3.02. The SMILES string of the molecule is Cc1noc(C)c1C(C)n1c(-c2ccncc2)n[nH]c1=S.